The molecule has 0 amide bonds. The number of aromatic nitrogens is 4. The molecule has 10 heteroatoms. The highest BCUT2D eigenvalue weighted by atomic mass is 32.2. The lowest BCUT2D eigenvalue weighted by molar-refractivity contribution is 0.172. The van der Waals surface area contributed by atoms with Crippen molar-refractivity contribution in [3.8, 4) is 11.4 Å². The fourth-order valence-corrected chi connectivity index (χ4v) is 6.06. The predicted molar refractivity (Wildman–Crippen MR) is 148 cm³/mol. The maximum atomic E-state index is 13.4. The highest BCUT2D eigenvalue weighted by molar-refractivity contribution is 7.85. The fourth-order valence-electron chi connectivity index (χ4n) is 4.71. The summed E-state index contributed by atoms with van der Waals surface area (Å²) in [7, 11) is 0.339. The summed E-state index contributed by atoms with van der Waals surface area (Å²) in [6.45, 7) is 6.35. The minimum absolute atomic E-state index is 0.357. The molecule has 4 aromatic rings. The maximum Gasteiger partial charge on any atom is 0.175 e. The molecule has 0 spiro atoms. The van der Waals surface area contributed by atoms with Gasteiger partial charge in [0, 0.05) is 31.7 Å². The summed E-state index contributed by atoms with van der Waals surface area (Å²) in [5, 5.41) is 23.9. The summed E-state index contributed by atoms with van der Waals surface area (Å²) in [5.74, 6) is 1.32. The average Bonchev–Trinajstić information content (AvgIpc) is 3.44. The number of aryl methyl sites for hydroxylation is 1. The van der Waals surface area contributed by atoms with E-state index < -0.39 is 16.9 Å². The van der Waals surface area contributed by atoms with Gasteiger partial charge in [-0.3, -0.25) is 0 Å². The van der Waals surface area contributed by atoms with Crippen LogP contribution in [-0.4, -0.2) is 62.4 Å². The third-order valence-electron chi connectivity index (χ3n) is 6.77. The quantitative estimate of drug-likeness (QED) is 0.326. The molecule has 0 bridgehead atoms. The molecule has 3 aromatic carbocycles. The topological polar surface area (TPSA) is 96.6 Å². The number of aliphatic hydroxyl groups is 1. The van der Waals surface area contributed by atoms with Crippen molar-refractivity contribution in [2.24, 2.45) is 0 Å². The van der Waals surface area contributed by atoms with Crippen LogP contribution in [0.5, 0.6) is 5.75 Å². The van der Waals surface area contributed by atoms with Crippen LogP contribution in [0.2, 0.25) is 0 Å². The van der Waals surface area contributed by atoms with Crippen LogP contribution in [0.1, 0.15) is 26.1 Å². The monoisotopic (exact) mass is 532 g/mol. The minimum atomic E-state index is -1.28. The van der Waals surface area contributed by atoms with E-state index >= 15 is 0 Å². The van der Waals surface area contributed by atoms with Crippen molar-refractivity contribution in [1.29, 1.82) is 0 Å². The molecule has 0 aliphatic carbocycles. The Labute approximate surface area is 225 Å². The van der Waals surface area contributed by atoms with Gasteiger partial charge in [0.05, 0.1) is 50.9 Å². The molecule has 1 N–H and O–H groups in total. The van der Waals surface area contributed by atoms with Crippen LogP contribution in [0.15, 0.2) is 76.5 Å². The zero-order valence-corrected chi connectivity index (χ0v) is 22.6. The second kappa shape index (κ2) is 11.3. The Morgan fingerprint density at radius 2 is 1.74 bits per heavy atom. The summed E-state index contributed by atoms with van der Waals surface area (Å²) in [6.07, 6.45) is 0.277. The Balaban J connectivity index is 1.34. The number of fused-ring (bicyclic) bond motifs is 2. The molecule has 2 unspecified atom stereocenters. The Morgan fingerprint density at radius 3 is 2.47 bits per heavy atom. The van der Waals surface area contributed by atoms with E-state index in [1.165, 1.54) is 4.80 Å². The molecule has 1 aromatic heterocycles. The van der Waals surface area contributed by atoms with Gasteiger partial charge in [0.15, 0.2) is 5.82 Å². The number of hydrogen-bond acceptors (Lipinski definition) is 8. The lowest BCUT2D eigenvalue weighted by Crippen LogP contribution is -2.33. The average molecular weight is 533 g/mol. The van der Waals surface area contributed by atoms with E-state index in [4.69, 9.17) is 4.74 Å². The van der Waals surface area contributed by atoms with Crippen LogP contribution in [-0.2, 0) is 17.2 Å². The number of tetrazole rings is 1. The lowest BCUT2D eigenvalue weighted by Gasteiger charge is -2.35. The van der Waals surface area contributed by atoms with E-state index in [1.54, 1.807) is 7.11 Å². The predicted octanol–water partition coefficient (Wildman–Crippen LogP) is 4.13. The number of methoxy groups -OCH3 is 1. The Bertz CT molecular complexity index is 1420. The zero-order chi connectivity index (χ0) is 26.6. The first-order chi connectivity index (χ1) is 18.5. The van der Waals surface area contributed by atoms with Crippen molar-refractivity contribution < 1.29 is 14.1 Å². The van der Waals surface area contributed by atoms with Crippen molar-refractivity contribution in [3.05, 3.63) is 72.6 Å². The lowest BCUT2D eigenvalue weighted by atomic mass is 10.1. The summed E-state index contributed by atoms with van der Waals surface area (Å²) in [5.41, 5.74) is 3.58. The van der Waals surface area contributed by atoms with Crippen LogP contribution in [0.3, 0.4) is 0 Å². The Kier molecular flexibility index (Phi) is 7.71. The molecule has 0 saturated carbocycles. The van der Waals surface area contributed by atoms with E-state index in [1.807, 2.05) is 60.7 Å². The maximum absolute atomic E-state index is 13.4. The van der Waals surface area contributed by atoms with Gasteiger partial charge in [0.25, 0.3) is 0 Å². The SMILES string of the molecule is CCN(CC)c1ccc2c(c1)N(CC(O)CCc1nnn(-c3ccc(OC)cc3)n1)c1ccccc1S2=O. The number of benzene rings is 3. The number of β-amino-alcohol motifs (C(OH)–C–C–N with tert-alkyl or cyclic N) is 1. The van der Waals surface area contributed by atoms with Gasteiger partial charge in [-0.05, 0) is 80.1 Å². The van der Waals surface area contributed by atoms with Gasteiger partial charge in [0.2, 0.25) is 0 Å². The molecular formula is C28H32N6O3S. The standard InChI is InChI=1S/C28H32N6O3S/c1-4-32(5-2)21-12-16-27-25(18-21)33(24-8-6-7-9-26(24)38(27)36)19-22(35)13-17-28-29-31-34(30-28)20-10-14-23(37-3)15-11-20/h6-12,14-16,18,22,35H,4-5,13,17,19H2,1-3H3. The fraction of sp³-hybridized carbons (Fsp3) is 0.321. The van der Waals surface area contributed by atoms with Crippen molar-refractivity contribution in [3.63, 3.8) is 0 Å². The molecule has 1 aliphatic rings. The molecule has 0 fully saturated rings. The highest BCUT2D eigenvalue weighted by Gasteiger charge is 2.30. The second-order valence-electron chi connectivity index (χ2n) is 9.06. The van der Waals surface area contributed by atoms with E-state index in [9.17, 15) is 9.32 Å². The number of para-hydroxylation sites is 1. The Hall–Kier alpha value is -3.76. The van der Waals surface area contributed by atoms with Crippen LogP contribution in [0.25, 0.3) is 5.69 Å². The van der Waals surface area contributed by atoms with Crippen LogP contribution in [0.4, 0.5) is 17.1 Å². The molecule has 1 aliphatic heterocycles. The first-order valence-electron chi connectivity index (χ1n) is 12.8. The highest BCUT2D eigenvalue weighted by Crippen LogP contribution is 2.43. The number of aliphatic hydroxyl groups excluding tert-OH is 1. The Morgan fingerprint density at radius 1 is 1.00 bits per heavy atom. The molecular weight excluding hydrogens is 500 g/mol. The minimum Gasteiger partial charge on any atom is -0.497 e. The van der Waals surface area contributed by atoms with Crippen LogP contribution < -0.4 is 14.5 Å². The molecule has 2 heterocycles. The summed E-state index contributed by atoms with van der Waals surface area (Å²) in [4.78, 5) is 7.34. The number of ether oxygens (including phenoxy) is 1. The molecule has 0 saturated heterocycles. The molecule has 198 valence electrons. The summed E-state index contributed by atoms with van der Waals surface area (Å²) >= 11 is 0. The third kappa shape index (κ3) is 5.14. The van der Waals surface area contributed by atoms with Crippen LogP contribution in [0, 0.1) is 0 Å². The van der Waals surface area contributed by atoms with Gasteiger partial charge < -0.3 is 19.6 Å². The van der Waals surface area contributed by atoms with Crippen molar-refractivity contribution in [1.82, 2.24) is 20.2 Å². The van der Waals surface area contributed by atoms with E-state index in [0.29, 0.717) is 25.2 Å². The van der Waals surface area contributed by atoms with Gasteiger partial charge >= 0.3 is 0 Å². The van der Waals surface area contributed by atoms with Crippen molar-refractivity contribution >= 4 is 27.9 Å². The molecule has 9 nitrogen and oxygen atoms in total. The van der Waals surface area contributed by atoms with E-state index in [0.717, 1.165) is 51.4 Å². The van der Waals surface area contributed by atoms with Gasteiger partial charge in [-0.2, -0.15) is 0 Å². The number of nitrogens with zero attached hydrogens (tertiary/aromatic N) is 6. The van der Waals surface area contributed by atoms with Crippen LogP contribution >= 0.6 is 0 Å². The smallest absolute Gasteiger partial charge is 0.175 e. The van der Waals surface area contributed by atoms with E-state index in [-0.39, 0.29) is 0 Å². The summed E-state index contributed by atoms with van der Waals surface area (Å²) in [6, 6.07) is 21.2. The number of rotatable bonds is 10. The normalized spacial score (nSPS) is 15.1. The number of anilines is 3. The van der Waals surface area contributed by atoms with E-state index in [2.05, 4.69) is 45.1 Å². The first-order valence-corrected chi connectivity index (χ1v) is 14.0. The number of hydrogen-bond donors (Lipinski definition) is 1. The van der Waals surface area contributed by atoms with Gasteiger partial charge in [-0.25, -0.2) is 4.21 Å². The largest absolute Gasteiger partial charge is 0.497 e. The van der Waals surface area contributed by atoms with Gasteiger partial charge in [0.1, 0.15) is 5.75 Å². The molecule has 38 heavy (non-hydrogen) atoms. The molecule has 2 atom stereocenters. The summed E-state index contributed by atoms with van der Waals surface area (Å²) < 4.78 is 18.6. The third-order valence-corrected chi connectivity index (χ3v) is 8.26. The zero-order valence-electron chi connectivity index (χ0n) is 21.8. The van der Waals surface area contributed by atoms with Gasteiger partial charge in [-0.15, -0.1) is 15.0 Å². The van der Waals surface area contributed by atoms with Crippen molar-refractivity contribution in [2.75, 3.05) is 36.5 Å². The molecule has 0 radical (unpaired) electrons. The molecule has 5 rings (SSSR count). The first kappa shape index (κ1) is 25.9. The van der Waals surface area contributed by atoms with Crippen molar-refractivity contribution in [2.45, 2.75) is 42.6 Å². The van der Waals surface area contributed by atoms with Gasteiger partial charge in [-0.1, -0.05) is 12.1 Å². The second-order valence-corrected chi connectivity index (χ2v) is 10.5.